The second-order valence-corrected chi connectivity index (χ2v) is 8.41. The van der Waals surface area contributed by atoms with E-state index in [4.69, 9.17) is 9.47 Å². The van der Waals surface area contributed by atoms with Gasteiger partial charge in [-0.25, -0.2) is 0 Å². The van der Waals surface area contributed by atoms with Gasteiger partial charge in [0.05, 0.1) is 12.2 Å². The van der Waals surface area contributed by atoms with Crippen LogP contribution in [0.2, 0.25) is 0 Å². The molecule has 2 aliphatic heterocycles. The average molecular weight is 396 g/mol. The van der Waals surface area contributed by atoms with E-state index in [-0.39, 0.29) is 6.29 Å². The van der Waals surface area contributed by atoms with Gasteiger partial charge < -0.3 is 14.6 Å². The predicted octanol–water partition coefficient (Wildman–Crippen LogP) is 4.26. The Balaban J connectivity index is 1.25. The third-order valence-electron chi connectivity index (χ3n) is 6.26. The molecule has 0 spiro atoms. The lowest BCUT2D eigenvalue weighted by Gasteiger charge is -2.38. The van der Waals surface area contributed by atoms with Crippen LogP contribution < -0.4 is 0 Å². The number of ether oxygens (including phenoxy) is 2. The second-order valence-electron chi connectivity index (χ2n) is 8.41. The fraction of sp³-hybridized carbons (Fsp3) is 0.520. The van der Waals surface area contributed by atoms with Crippen LogP contribution in [0.1, 0.15) is 48.8 Å². The largest absolute Gasteiger partial charge is 0.385 e. The summed E-state index contributed by atoms with van der Waals surface area (Å²) in [5.74, 6) is 0. The number of rotatable bonds is 7. The van der Waals surface area contributed by atoms with Crippen molar-refractivity contribution in [3.63, 3.8) is 0 Å². The Morgan fingerprint density at radius 3 is 2.41 bits per heavy atom. The molecule has 2 fully saturated rings. The summed E-state index contributed by atoms with van der Waals surface area (Å²) in [6, 6.07) is 19.0. The van der Waals surface area contributed by atoms with Crippen LogP contribution in [0.4, 0.5) is 0 Å². The molecular weight excluding hydrogens is 362 g/mol. The van der Waals surface area contributed by atoms with Crippen molar-refractivity contribution in [3.8, 4) is 0 Å². The van der Waals surface area contributed by atoms with Crippen LogP contribution in [-0.4, -0.2) is 42.6 Å². The van der Waals surface area contributed by atoms with Crippen LogP contribution in [-0.2, 0) is 28.0 Å². The van der Waals surface area contributed by atoms with E-state index in [1.807, 2.05) is 0 Å². The van der Waals surface area contributed by atoms with Crippen LogP contribution in [0.5, 0.6) is 0 Å². The molecule has 0 saturated carbocycles. The number of benzene rings is 2. The highest BCUT2D eigenvalue weighted by Crippen LogP contribution is 2.33. The van der Waals surface area contributed by atoms with Crippen molar-refractivity contribution in [3.05, 3.63) is 71.3 Å². The average Bonchev–Trinajstić information content (AvgIpc) is 2.77. The molecule has 29 heavy (non-hydrogen) atoms. The van der Waals surface area contributed by atoms with Gasteiger partial charge in [0, 0.05) is 26.2 Å². The zero-order chi connectivity index (χ0) is 19.9. The Hall–Kier alpha value is -1.72. The van der Waals surface area contributed by atoms with Crippen LogP contribution in [0, 0.1) is 0 Å². The van der Waals surface area contributed by atoms with Gasteiger partial charge in [-0.2, -0.15) is 0 Å². The first-order chi connectivity index (χ1) is 14.2. The van der Waals surface area contributed by atoms with E-state index in [1.54, 1.807) is 0 Å². The normalized spacial score (nSPS) is 22.4. The molecule has 4 rings (SSSR count). The maximum atomic E-state index is 11.2. The summed E-state index contributed by atoms with van der Waals surface area (Å²) in [6.07, 6.45) is 5.76. The van der Waals surface area contributed by atoms with E-state index in [0.717, 1.165) is 63.9 Å². The molecular formula is C25H33NO3. The fourth-order valence-corrected chi connectivity index (χ4v) is 4.34. The molecule has 156 valence electrons. The highest BCUT2D eigenvalue weighted by atomic mass is 16.7. The number of aliphatic hydroxyl groups is 1. The molecule has 0 radical (unpaired) electrons. The van der Waals surface area contributed by atoms with Crippen molar-refractivity contribution < 1.29 is 14.6 Å². The van der Waals surface area contributed by atoms with Crippen LogP contribution >= 0.6 is 0 Å². The van der Waals surface area contributed by atoms with Gasteiger partial charge in [0.2, 0.25) is 0 Å². The number of hydrogen-bond donors (Lipinski definition) is 1. The SMILES string of the molecule is OC1(c2ccc(CCOC3CCCCO3)cc2)CCN(Cc2ccccc2)CC1. The second kappa shape index (κ2) is 9.86. The van der Waals surface area contributed by atoms with Gasteiger partial charge in [-0.15, -0.1) is 0 Å². The minimum atomic E-state index is -0.710. The van der Waals surface area contributed by atoms with Crippen LogP contribution in [0.3, 0.4) is 0 Å². The molecule has 0 bridgehead atoms. The zero-order valence-electron chi connectivity index (χ0n) is 17.3. The van der Waals surface area contributed by atoms with Crippen molar-refractivity contribution in [2.45, 2.75) is 57.0 Å². The first kappa shape index (κ1) is 20.5. The molecule has 0 aromatic heterocycles. The van der Waals surface area contributed by atoms with Gasteiger partial charge >= 0.3 is 0 Å². The van der Waals surface area contributed by atoms with Crippen molar-refractivity contribution in [1.82, 2.24) is 4.90 Å². The monoisotopic (exact) mass is 395 g/mol. The topological polar surface area (TPSA) is 41.9 Å². The molecule has 1 N–H and O–H groups in total. The van der Waals surface area contributed by atoms with Gasteiger partial charge in [0.25, 0.3) is 0 Å². The summed E-state index contributed by atoms with van der Waals surface area (Å²) in [5, 5.41) is 11.2. The first-order valence-electron chi connectivity index (χ1n) is 11.0. The summed E-state index contributed by atoms with van der Waals surface area (Å²) in [6.45, 7) is 4.30. The van der Waals surface area contributed by atoms with E-state index in [2.05, 4.69) is 59.5 Å². The Kier molecular flexibility index (Phi) is 6.98. The number of nitrogens with zero attached hydrogens (tertiary/aromatic N) is 1. The van der Waals surface area contributed by atoms with Crippen molar-refractivity contribution in [1.29, 1.82) is 0 Å². The summed E-state index contributed by atoms with van der Waals surface area (Å²) < 4.78 is 11.5. The van der Waals surface area contributed by atoms with E-state index >= 15 is 0 Å². The molecule has 0 aliphatic carbocycles. The Morgan fingerprint density at radius 2 is 1.72 bits per heavy atom. The molecule has 0 amide bonds. The van der Waals surface area contributed by atoms with E-state index in [1.165, 1.54) is 17.5 Å². The minimum Gasteiger partial charge on any atom is -0.385 e. The number of likely N-dealkylation sites (tertiary alicyclic amines) is 1. The third-order valence-corrected chi connectivity index (χ3v) is 6.26. The minimum absolute atomic E-state index is 0.0233. The number of piperidine rings is 1. The lowest BCUT2D eigenvalue weighted by molar-refractivity contribution is -0.161. The first-order valence-corrected chi connectivity index (χ1v) is 11.0. The number of hydrogen-bond acceptors (Lipinski definition) is 4. The lowest BCUT2D eigenvalue weighted by Crippen LogP contribution is -2.42. The lowest BCUT2D eigenvalue weighted by atomic mass is 9.84. The quantitative estimate of drug-likeness (QED) is 0.761. The highest BCUT2D eigenvalue weighted by molar-refractivity contribution is 5.28. The molecule has 4 heteroatoms. The van der Waals surface area contributed by atoms with Gasteiger partial charge in [0.1, 0.15) is 0 Å². The van der Waals surface area contributed by atoms with Crippen molar-refractivity contribution >= 4 is 0 Å². The predicted molar refractivity (Wildman–Crippen MR) is 115 cm³/mol. The molecule has 2 heterocycles. The van der Waals surface area contributed by atoms with Gasteiger partial charge in [-0.3, -0.25) is 4.90 Å². The maximum Gasteiger partial charge on any atom is 0.157 e. The molecule has 2 saturated heterocycles. The molecule has 2 aliphatic rings. The molecule has 2 aromatic rings. The summed E-state index contributed by atoms with van der Waals surface area (Å²) in [5.41, 5.74) is 2.91. The molecule has 4 nitrogen and oxygen atoms in total. The fourth-order valence-electron chi connectivity index (χ4n) is 4.34. The van der Waals surface area contributed by atoms with E-state index < -0.39 is 5.60 Å². The van der Waals surface area contributed by atoms with Gasteiger partial charge in [-0.05, 0) is 55.2 Å². The van der Waals surface area contributed by atoms with Gasteiger partial charge in [-0.1, -0.05) is 54.6 Å². The van der Waals surface area contributed by atoms with E-state index in [9.17, 15) is 5.11 Å². The van der Waals surface area contributed by atoms with Crippen molar-refractivity contribution in [2.75, 3.05) is 26.3 Å². The summed E-state index contributed by atoms with van der Waals surface area (Å²) in [4.78, 5) is 2.43. The standard InChI is InChI=1S/C25H33NO3/c27-25(14-16-26(17-15-25)20-22-6-2-1-3-7-22)23-11-9-21(10-12-23)13-19-29-24-8-4-5-18-28-24/h1-3,6-7,9-12,24,27H,4-5,8,13-20H2. The van der Waals surface area contributed by atoms with Crippen LogP contribution in [0.25, 0.3) is 0 Å². The Labute approximate surface area is 174 Å². The molecule has 2 aromatic carbocycles. The smallest absolute Gasteiger partial charge is 0.157 e. The van der Waals surface area contributed by atoms with Gasteiger partial charge in [0.15, 0.2) is 6.29 Å². The van der Waals surface area contributed by atoms with Crippen LogP contribution in [0.15, 0.2) is 54.6 Å². The maximum absolute atomic E-state index is 11.2. The Bertz CT molecular complexity index is 732. The van der Waals surface area contributed by atoms with Crippen molar-refractivity contribution in [2.24, 2.45) is 0 Å². The summed E-state index contributed by atoms with van der Waals surface area (Å²) in [7, 11) is 0. The zero-order valence-corrected chi connectivity index (χ0v) is 17.3. The summed E-state index contributed by atoms with van der Waals surface area (Å²) >= 11 is 0. The highest BCUT2D eigenvalue weighted by Gasteiger charge is 2.33. The molecule has 1 atom stereocenters. The Morgan fingerprint density at radius 1 is 0.966 bits per heavy atom. The third kappa shape index (κ3) is 5.67. The molecule has 1 unspecified atom stereocenters. The van der Waals surface area contributed by atoms with E-state index in [0.29, 0.717) is 6.61 Å².